The molecule has 7 heteroatoms. The van der Waals surface area contributed by atoms with E-state index >= 15 is 0 Å². The normalized spacial score (nSPS) is 21.2. The third-order valence-electron chi connectivity index (χ3n) is 5.07. The summed E-state index contributed by atoms with van der Waals surface area (Å²) in [6.07, 6.45) is 11.6. The molecule has 0 radical (unpaired) electrons. The number of aromatic nitrogens is 3. The Morgan fingerprint density at radius 3 is 3.00 bits per heavy atom. The zero-order valence-electron chi connectivity index (χ0n) is 14.2. The van der Waals surface area contributed by atoms with Gasteiger partial charge in [0, 0.05) is 31.1 Å². The molecular weight excluding hydrogens is 380 g/mol. The Hall–Kier alpha value is -1.70. The van der Waals surface area contributed by atoms with Gasteiger partial charge in [-0.2, -0.15) is 9.61 Å². The summed E-state index contributed by atoms with van der Waals surface area (Å²) in [5.74, 6) is 0.975. The Labute approximate surface area is 155 Å². The van der Waals surface area contributed by atoms with Crippen molar-refractivity contribution in [3.8, 4) is 0 Å². The van der Waals surface area contributed by atoms with Gasteiger partial charge >= 0.3 is 0 Å². The molecule has 1 saturated heterocycles. The summed E-state index contributed by atoms with van der Waals surface area (Å²) in [4.78, 5) is 7.42. The van der Waals surface area contributed by atoms with Gasteiger partial charge in [0.15, 0.2) is 5.65 Å². The zero-order valence-corrected chi connectivity index (χ0v) is 15.7. The first kappa shape index (κ1) is 16.8. The number of likely N-dealkylation sites (tertiary alicyclic amines) is 1. The summed E-state index contributed by atoms with van der Waals surface area (Å²) < 4.78 is 2.60. The molecular formula is C18H23BrN6. The highest BCUT2D eigenvalue weighted by Gasteiger charge is 2.26. The third-order valence-corrected chi connectivity index (χ3v) is 5.88. The van der Waals surface area contributed by atoms with E-state index in [4.69, 9.17) is 16.5 Å². The highest BCUT2D eigenvalue weighted by molar-refractivity contribution is 9.10. The molecule has 1 aliphatic carbocycles. The molecule has 6 nitrogen and oxygen atoms in total. The summed E-state index contributed by atoms with van der Waals surface area (Å²) in [6, 6.07) is 0. The smallest absolute Gasteiger partial charge is 0.165 e. The standard InChI is InChI=1S/C18H23BrN6/c19-15-16(13-6-3-8-24(11-13)9-7-20)23-18-14(12-4-1-2-5-12)10-22-25(18)17(15)21/h1,4-5,10,13H,2-3,6-9,11,20-21H2. The van der Waals surface area contributed by atoms with Crippen molar-refractivity contribution >= 4 is 33.0 Å². The van der Waals surface area contributed by atoms with E-state index in [2.05, 4.69) is 44.2 Å². The lowest BCUT2D eigenvalue weighted by Gasteiger charge is -2.32. The van der Waals surface area contributed by atoms with Gasteiger partial charge in [0.1, 0.15) is 5.82 Å². The van der Waals surface area contributed by atoms with Gasteiger partial charge in [-0.15, -0.1) is 0 Å². The van der Waals surface area contributed by atoms with Crippen molar-refractivity contribution < 1.29 is 0 Å². The Bertz CT molecular complexity index is 851. The lowest BCUT2D eigenvalue weighted by atomic mass is 9.94. The number of piperidine rings is 1. The third kappa shape index (κ3) is 3.01. The highest BCUT2D eigenvalue weighted by atomic mass is 79.9. The number of hydrogen-bond donors (Lipinski definition) is 2. The van der Waals surface area contributed by atoms with Crippen molar-refractivity contribution in [2.24, 2.45) is 5.73 Å². The Morgan fingerprint density at radius 1 is 1.36 bits per heavy atom. The van der Waals surface area contributed by atoms with E-state index in [0.717, 1.165) is 60.3 Å². The van der Waals surface area contributed by atoms with E-state index in [-0.39, 0.29) is 0 Å². The van der Waals surface area contributed by atoms with Gasteiger partial charge in [-0.1, -0.05) is 18.2 Å². The fourth-order valence-corrected chi connectivity index (χ4v) is 4.39. The van der Waals surface area contributed by atoms with Crippen LogP contribution in [0.5, 0.6) is 0 Å². The first-order chi connectivity index (χ1) is 12.2. The van der Waals surface area contributed by atoms with Crippen LogP contribution >= 0.6 is 15.9 Å². The lowest BCUT2D eigenvalue weighted by molar-refractivity contribution is 0.211. The molecule has 4 rings (SSSR count). The highest BCUT2D eigenvalue weighted by Crippen LogP contribution is 2.36. The molecule has 1 unspecified atom stereocenters. The molecule has 0 amide bonds. The van der Waals surface area contributed by atoms with Crippen molar-refractivity contribution in [3.63, 3.8) is 0 Å². The Balaban J connectivity index is 1.77. The van der Waals surface area contributed by atoms with Crippen LogP contribution in [0.3, 0.4) is 0 Å². The number of nitrogen functional groups attached to an aromatic ring is 1. The molecule has 4 N–H and O–H groups in total. The number of hydrogen-bond acceptors (Lipinski definition) is 5. The maximum atomic E-state index is 6.37. The monoisotopic (exact) mass is 402 g/mol. The topological polar surface area (TPSA) is 85.5 Å². The second-order valence-corrected chi connectivity index (χ2v) is 7.51. The number of fused-ring (bicyclic) bond motifs is 1. The summed E-state index contributed by atoms with van der Waals surface area (Å²) in [5, 5.41) is 4.45. The minimum Gasteiger partial charge on any atom is -0.383 e. The molecule has 1 atom stereocenters. The van der Waals surface area contributed by atoms with Gasteiger partial charge in [-0.25, -0.2) is 4.98 Å². The Morgan fingerprint density at radius 2 is 2.24 bits per heavy atom. The van der Waals surface area contributed by atoms with E-state index in [0.29, 0.717) is 18.3 Å². The van der Waals surface area contributed by atoms with Gasteiger partial charge in [0.05, 0.1) is 16.4 Å². The van der Waals surface area contributed by atoms with Crippen LogP contribution in [-0.4, -0.2) is 45.7 Å². The number of halogens is 1. The van der Waals surface area contributed by atoms with Crippen LogP contribution in [0.25, 0.3) is 11.2 Å². The van der Waals surface area contributed by atoms with Crippen molar-refractivity contribution in [1.29, 1.82) is 0 Å². The van der Waals surface area contributed by atoms with E-state index in [9.17, 15) is 0 Å². The van der Waals surface area contributed by atoms with Crippen molar-refractivity contribution in [2.45, 2.75) is 25.2 Å². The molecule has 0 spiro atoms. The molecule has 2 aromatic rings. The average molecular weight is 403 g/mol. The molecule has 1 fully saturated rings. The van der Waals surface area contributed by atoms with Crippen LogP contribution < -0.4 is 11.5 Å². The average Bonchev–Trinajstić information content (AvgIpc) is 3.27. The summed E-state index contributed by atoms with van der Waals surface area (Å²) in [7, 11) is 0. The molecule has 0 bridgehead atoms. The molecule has 1 aliphatic heterocycles. The van der Waals surface area contributed by atoms with Crippen LogP contribution in [-0.2, 0) is 0 Å². The molecule has 3 heterocycles. The fraction of sp³-hybridized carbons (Fsp3) is 0.444. The van der Waals surface area contributed by atoms with Crippen LogP contribution in [0, 0.1) is 0 Å². The number of nitrogens with zero attached hydrogens (tertiary/aromatic N) is 4. The summed E-state index contributed by atoms with van der Waals surface area (Å²) >= 11 is 3.67. The van der Waals surface area contributed by atoms with E-state index in [1.165, 1.54) is 5.57 Å². The van der Waals surface area contributed by atoms with Crippen LogP contribution in [0.2, 0.25) is 0 Å². The number of nitrogens with two attached hydrogens (primary N) is 2. The van der Waals surface area contributed by atoms with Crippen LogP contribution in [0.1, 0.15) is 36.4 Å². The van der Waals surface area contributed by atoms with Gasteiger partial charge in [-0.3, -0.25) is 0 Å². The van der Waals surface area contributed by atoms with Gasteiger partial charge < -0.3 is 16.4 Å². The molecule has 132 valence electrons. The van der Waals surface area contributed by atoms with Gasteiger partial charge in [0.25, 0.3) is 0 Å². The quantitative estimate of drug-likeness (QED) is 0.820. The lowest BCUT2D eigenvalue weighted by Crippen LogP contribution is -2.38. The summed E-state index contributed by atoms with van der Waals surface area (Å²) in [6.45, 7) is 3.71. The fourth-order valence-electron chi connectivity index (χ4n) is 3.81. The maximum Gasteiger partial charge on any atom is 0.165 e. The van der Waals surface area contributed by atoms with Crippen molar-refractivity contribution in [2.75, 3.05) is 31.9 Å². The molecule has 2 aromatic heterocycles. The van der Waals surface area contributed by atoms with Gasteiger partial charge in [0.2, 0.25) is 0 Å². The van der Waals surface area contributed by atoms with Crippen molar-refractivity contribution in [1.82, 2.24) is 19.5 Å². The van der Waals surface area contributed by atoms with E-state index in [1.54, 1.807) is 4.52 Å². The maximum absolute atomic E-state index is 6.37. The number of allylic oxidation sites excluding steroid dienone is 4. The number of anilines is 1. The molecule has 0 saturated carbocycles. The van der Waals surface area contributed by atoms with Crippen LogP contribution in [0.15, 0.2) is 28.9 Å². The first-order valence-electron chi connectivity index (χ1n) is 8.81. The predicted molar refractivity (Wildman–Crippen MR) is 104 cm³/mol. The number of rotatable bonds is 4. The molecule has 25 heavy (non-hydrogen) atoms. The minimum atomic E-state index is 0.359. The molecule has 2 aliphatic rings. The first-order valence-corrected chi connectivity index (χ1v) is 9.60. The van der Waals surface area contributed by atoms with Gasteiger partial charge in [-0.05, 0) is 47.3 Å². The largest absolute Gasteiger partial charge is 0.383 e. The summed E-state index contributed by atoms with van der Waals surface area (Å²) in [5.41, 5.74) is 16.2. The minimum absolute atomic E-state index is 0.359. The zero-order chi connectivity index (χ0) is 17.4. The van der Waals surface area contributed by atoms with Crippen molar-refractivity contribution in [3.05, 3.63) is 40.2 Å². The predicted octanol–water partition coefficient (Wildman–Crippen LogP) is 2.56. The second-order valence-electron chi connectivity index (χ2n) is 6.72. The van der Waals surface area contributed by atoms with Crippen LogP contribution in [0.4, 0.5) is 5.82 Å². The van der Waals surface area contributed by atoms with E-state index < -0.39 is 0 Å². The Kier molecular flexibility index (Phi) is 4.62. The SMILES string of the molecule is NCCN1CCCC(c2nc3c(C4=CCC=C4)cnn3c(N)c2Br)C1. The molecule has 0 aromatic carbocycles. The van der Waals surface area contributed by atoms with E-state index in [1.807, 2.05) is 6.20 Å². The second kappa shape index (κ2) is 6.90.